The van der Waals surface area contributed by atoms with Crippen molar-refractivity contribution in [3.05, 3.63) is 32.9 Å². The van der Waals surface area contributed by atoms with E-state index in [0.29, 0.717) is 11.8 Å². The second-order valence-corrected chi connectivity index (χ2v) is 4.67. The molecule has 0 saturated carbocycles. The van der Waals surface area contributed by atoms with E-state index in [1.807, 2.05) is 0 Å². The van der Waals surface area contributed by atoms with E-state index < -0.39 is 21.2 Å². The minimum absolute atomic E-state index is 0.161. The second-order valence-electron chi connectivity index (χ2n) is 3.69. The van der Waals surface area contributed by atoms with Gasteiger partial charge in [-0.15, -0.1) is 0 Å². The molecule has 2 heterocycles. The third-order valence-electron chi connectivity index (χ3n) is 2.46. The monoisotopic (exact) mass is 340 g/mol. The molecule has 0 aliphatic heterocycles. The summed E-state index contributed by atoms with van der Waals surface area (Å²) in [4.78, 5) is 35.7. The van der Waals surface area contributed by atoms with Crippen LogP contribution in [0.15, 0.2) is 22.7 Å². The van der Waals surface area contributed by atoms with E-state index in [0.717, 1.165) is 12.7 Å². The number of methoxy groups -OCH3 is 2. The predicted molar refractivity (Wildman–Crippen MR) is 74.6 cm³/mol. The lowest BCUT2D eigenvalue weighted by atomic mass is 10.5. The molecule has 0 radical (unpaired) electrons. The molecular formula is C10H8N6O6S. The van der Waals surface area contributed by atoms with Crippen molar-refractivity contribution in [2.75, 3.05) is 14.2 Å². The van der Waals surface area contributed by atoms with Gasteiger partial charge in [0.05, 0.1) is 24.1 Å². The highest BCUT2D eigenvalue weighted by Crippen LogP contribution is 2.41. The average molecular weight is 340 g/mol. The molecule has 12 nitrogen and oxygen atoms in total. The van der Waals surface area contributed by atoms with Gasteiger partial charge in [0.15, 0.2) is 10.1 Å². The highest BCUT2D eigenvalue weighted by molar-refractivity contribution is 7.99. The zero-order valence-electron chi connectivity index (χ0n) is 11.7. The number of nitrogens with zero attached hydrogens (tertiary/aromatic N) is 6. The van der Waals surface area contributed by atoms with Crippen LogP contribution in [0.1, 0.15) is 0 Å². The van der Waals surface area contributed by atoms with Crippen LogP contribution in [0.2, 0.25) is 0 Å². The molecule has 0 unspecified atom stereocenters. The third-order valence-corrected chi connectivity index (χ3v) is 3.44. The Morgan fingerprint density at radius 1 is 0.870 bits per heavy atom. The van der Waals surface area contributed by atoms with E-state index in [1.165, 1.54) is 14.2 Å². The Morgan fingerprint density at radius 2 is 1.26 bits per heavy atom. The van der Waals surface area contributed by atoms with Gasteiger partial charge >= 0.3 is 11.4 Å². The number of rotatable bonds is 6. The van der Waals surface area contributed by atoms with Crippen molar-refractivity contribution in [3.63, 3.8) is 0 Å². The lowest BCUT2D eigenvalue weighted by molar-refractivity contribution is -0.390. The Labute approximate surface area is 132 Å². The molecule has 2 rings (SSSR count). The Kier molecular flexibility index (Phi) is 4.80. The first-order valence-corrected chi connectivity index (χ1v) is 6.55. The first kappa shape index (κ1) is 16.3. The molecule has 2 aromatic rings. The van der Waals surface area contributed by atoms with Crippen LogP contribution in [0.25, 0.3) is 0 Å². The van der Waals surface area contributed by atoms with Crippen molar-refractivity contribution in [1.29, 1.82) is 0 Å². The summed E-state index contributed by atoms with van der Waals surface area (Å²) in [7, 11) is 2.42. The van der Waals surface area contributed by atoms with Gasteiger partial charge in [0.25, 0.3) is 11.8 Å². The summed E-state index contributed by atoms with van der Waals surface area (Å²) in [6, 6.07) is 0. The Bertz CT molecular complexity index is 708. The van der Waals surface area contributed by atoms with Crippen molar-refractivity contribution in [2.24, 2.45) is 0 Å². The van der Waals surface area contributed by atoms with Gasteiger partial charge in [0.1, 0.15) is 12.7 Å². The van der Waals surface area contributed by atoms with Crippen molar-refractivity contribution in [3.8, 4) is 11.8 Å². The number of nitro groups is 2. The normalized spacial score (nSPS) is 10.2. The summed E-state index contributed by atoms with van der Waals surface area (Å²) in [5.41, 5.74) is -1.04. The van der Waals surface area contributed by atoms with Crippen LogP contribution < -0.4 is 9.47 Å². The van der Waals surface area contributed by atoms with Crippen LogP contribution in [0.3, 0.4) is 0 Å². The second kappa shape index (κ2) is 6.78. The van der Waals surface area contributed by atoms with Crippen molar-refractivity contribution in [1.82, 2.24) is 19.9 Å². The van der Waals surface area contributed by atoms with E-state index in [-0.39, 0.29) is 21.8 Å². The Hall–Kier alpha value is -3.09. The smallest absolute Gasteiger partial charge is 0.363 e. The van der Waals surface area contributed by atoms with E-state index in [4.69, 9.17) is 9.47 Å². The molecule has 0 amide bonds. The van der Waals surface area contributed by atoms with Gasteiger partial charge in [-0.05, 0) is 11.8 Å². The summed E-state index contributed by atoms with van der Waals surface area (Å²) in [6.07, 6.45) is 2.08. The molecule has 0 saturated heterocycles. The van der Waals surface area contributed by atoms with Crippen LogP contribution in [0.5, 0.6) is 11.8 Å². The molecule has 2 aromatic heterocycles. The summed E-state index contributed by atoms with van der Waals surface area (Å²) >= 11 is 0.611. The van der Waals surface area contributed by atoms with Gasteiger partial charge in [-0.1, -0.05) is 0 Å². The predicted octanol–water partition coefficient (Wildman–Crippen LogP) is 1.25. The fraction of sp³-hybridized carbons (Fsp3) is 0.200. The lowest BCUT2D eigenvalue weighted by Gasteiger charge is -2.06. The molecular weight excluding hydrogens is 332 g/mol. The van der Waals surface area contributed by atoms with E-state index >= 15 is 0 Å². The van der Waals surface area contributed by atoms with Gasteiger partial charge in [-0.25, -0.2) is 9.97 Å². The first-order valence-electron chi connectivity index (χ1n) is 5.74. The zero-order valence-corrected chi connectivity index (χ0v) is 12.5. The maximum atomic E-state index is 11.2. The molecule has 0 bridgehead atoms. The largest absolute Gasteiger partial charge is 0.476 e. The van der Waals surface area contributed by atoms with Gasteiger partial charge in [0, 0.05) is 0 Å². The van der Waals surface area contributed by atoms with Crippen LogP contribution in [0.4, 0.5) is 11.4 Å². The van der Waals surface area contributed by atoms with Gasteiger partial charge < -0.3 is 9.47 Å². The van der Waals surface area contributed by atoms with E-state index in [2.05, 4.69) is 19.9 Å². The summed E-state index contributed by atoms with van der Waals surface area (Å²) < 4.78 is 9.62. The zero-order chi connectivity index (χ0) is 17.0. The average Bonchev–Trinajstić information content (AvgIpc) is 2.53. The van der Waals surface area contributed by atoms with Gasteiger partial charge in [-0.3, -0.25) is 20.2 Å². The van der Waals surface area contributed by atoms with Gasteiger partial charge in [0.2, 0.25) is 0 Å². The fourth-order valence-electron chi connectivity index (χ4n) is 1.55. The molecule has 0 aliphatic rings. The van der Waals surface area contributed by atoms with Crippen LogP contribution in [-0.2, 0) is 0 Å². The lowest BCUT2D eigenvalue weighted by Crippen LogP contribution is -2.02. The maximum absolute atomic E-state index is 11.2. The van der Waals surface area contributed by atoms with Crippen LogP contribution >= 0.6 is 11.8 Å². The molecule has 0 aliphatic carbocycles. The first-order chi connectivity index (χ1) is 11.0. The van der Waals surface area contributed by atoms with Crippen molar-refractivity contribution >= 4 is 23.1 Å². The van der Waals surface area contributed by atoms with Crippen molar-refractivity contribution in [2.45, 2.75) is 10.1 Å². The number of hydrogen-bond acceptors (Lipinski definition) is 11. The Morgan fingerprint density at radius 3 is 1.57 bits per heavy atom. The standard InChI is InChI=1S/C10H8N6O6S/c1-21-7-5(15(17)18)9(13-3-11-7)23-10-6(16(19)20)8(22-2)12-4-14-10/h3-4H,1-2H3. The van der Waals surface area contributed by atoms with Crippen LogP contribution in [-0.4, -0.2) is 44.0 Å². The number of aromatic nitrogens is 4. The molecule has 0 aromatic carbocycles. The maximum Gasteiger partial charge on any atom is 0.363 e. The summed E-state index contributed by atoms with van der Waals surface area (Å²) in [5.74, 6) is -0.535. The number of hydrogen-bond donors (Lipinski definition) is 0. The molecule has 0 spiro atoms. The molecule has 120 valence electrons. The SMILES string of the molecule is COc1ncnc(Sc2ncnc(OC)c2[N+](=O)[O-])c1[N+](=O)[O-]. The van der Waals surface area contributed by atoms with Gasteiger partial charge in [-0.2, -0.15) is 9.97 Å². The highest BCUT2D eigenvalue weighted by atomic mass is 32.2. The quantitative estimate of drug-likeness (QED) is 0.423. The van der Waals surface area contributed by atoms with Crippen LogP contribution in [0, 0.1) is 20.2 Å². The highest BCUT2D eigenvalue weighted by Gasteiger charge is 2.30. The minimum Gasteiger partial charge on any atom is -0.476 e. The third kappa shape index (κ3) is 3.23. The number of ether oxygens (including phenoxy) is 2. The molecule has 0 N–H and O–H groups in total. The summed E-state index contributed by atoms with van der Waals surface area (Å²) in [5, 5.41) is 22.0. The van der Waals surface area contributed by atoms with E-state index in [1.54, 1.807) is 0 Å². The molecule has 23 heavy (non-hydrogen) atoms. The molecule has 13 heteroatoms. The Balaban J connectivity index is 2.57. The summed E-state index contributed by atoms with van der Waals surface area (Å²) in [6.45, 7) is 0. The fourth-order valence-corrected chi connectivity index (χ4v) is 2.45. The topological polar surface area (TPSA) is 156 Å². The van der Waals surface area contributed by atoms with Crippen molar-refractivity contribution < 1.29 is 19.3 Å². The minimum atomic E-state index is -0.745. The molecule has 0 fully saturated rings. The van der Waals surface area contributed by atoms with E-state index in [9.17, 15) is 20.2 Å². The molecule has 0 atom stereocenters.